The normalized spacial score (nSPS) is 13.4. The van der Waals surface area contributed by atoms with Gasteiger partial charge in [-0.2, -0.15) is 0 Å². The van der Waals surface area contributed by atoms with Crippen LogP contribution in [0.2, 0.25) is 0 Å². The summed E-state index contributed by atoms with van der Waals surface area (Å²) in [4.78, 5) is 15.3. The number of pyridine rings is 3. The van der Waals surface area contributed by atoms with E-state index in [0.29, 0.717) is 0 Å². The van der Waals surface area contributed by atoms with Gasteiger partial charge in [-0.3, -0.25) is 4.98 Å². The van der Waals surface area contributed by atoms with E-state index < -0.39 is 5.41 Å². The third kappa shape index (κ3) is 3.75. The molecule has 12 rings (SSSR count). The Balaban J connectivity index is 1.12. The Bertz CT molecular complexity index is 3130. The van der Waals surface area contributed by atoms with Crippen molar-refractivity contribution < 1.29 is 0 Å². The average Bonchev–Trinajstić information content (AvgIpc) is 3.71. The molecule has 7 aromatic carbocycles. The van der Waals surface area contributed by atoms with Crippen LogP contribution in [0, 0.1) is 0 Å². The van der Waals surface area contributed by atoms with E-state index >= 15 is 0 Å². The molecule has 3 aromatic heterocycles. The van der Waals surface area contributed by atoms with E-state index in [1.54, 1.807) is 0 Å². The number of rotatable bonds is 2. The van der Waals surface area contributed by atoms with Crippen LogP contribution in [0.25, 0.3) is 88.2 Å². The van der Waals surface area contributed by atoms with Crippen LogP contribution < -0.4 is 0 Å². The monoisotopic (exact) mass is 671 g/mol. The van der Waals surface area contributed by atoms with E-state index in [1.807, 2.05) is 12.3 Å². The van der Waals surface area contributed by atoms with Crippen molar-refractivity contribution in [1.82, 2.24) is 15.0 Å². The molecule has 0 amide bonds. The molecule has 10 aromatic rings. The van der Waals surface area contributed by atoms with Crippen molar-refractivity contribution in [2.75, 3.05) is 0 Å². The summed E-state index contributed by atoms with van der Waals surface area (Å²) in [6.45, 7) is 0. The predicted molar refractivity (Wildman–Crippen MR) is 217 cm³/mol. The Labute approximate surface area is 305 Å². The van der Waals surface area contributed by atoms with E-state index in [1.165, 1.54) is 55.3 Å². The summed E-state index contributed by atoms with van der Waals surface area (Å²) in [6, 6.07) is 61.7. The maximum Gasteiger partial charge on any atom is 0.0972 e. The Morgan fingerprint density at radius 2 is 1.02 bits per heavy atom. The van der Waals surface area contributed by atoms with Gasteiger partial charge in [-0.1, -0.05) is 152 Å². The average molecular weight is 672 g/mol. The second-order valence-electron chi connectivity index (χ2n) is 14.3. The van der Waals surface area contributed by atoms with Crippen LogP contribution in [0.3, 0.4) is 0 Å². The minimum atomic E-state index is -0.416. The van der Waals surface area contributed by atoms with Crippen molar-refractivity contribution in [1.29, 1.82) is 0 Å². The largest absolute Gasteiger partial charge is 0.254 e. The first kappa shape index (κ1) is 28.7. The minimum absolute atomic E-state index is 0.416. The highest BCUT2D eigenvalue weighted by Crippen LogP contribution is 2.64. The van der Waals surface area contributed by atoms with E-state index in [-0.39, 0.29) is 0 Å². The number of para-hydroxylation sites is 1. The van der Waals surface area contributed by atoms with Crippen LogP contribution in [0.4, 0.5) is 0 Å². The van der Waals surface area contributed by atoms with Gasteiger partial charge in [0.25, 0.3) is 0 Å². The standard InChI is InChI=1S/C50H29N3/c1-5-15-39-34(11-1)35-12-2-6-16-40(35)50(39)41-17-7-3-14-38(41)45-42(50)27-26-37-36-13-4-8-18-44(36)53-47(46(37)45)32-21-19-30(20-22-32)43-28-25-33-24-23-31-10-9-29-51-48(31)49(33)52-43/h1-29H. The molecule has 0 unspecified atom stereocenters. The number of aromatic nitrogens is 3. The second-order valence-corrected chi connectivity index (χ2v) is 14.3. The molecule has 0 N–H and O–H groups in total. The smallest absolute Gasteiger partial charge is 0.0972 e. The molecule has 3 nitrogen and oxygen atoms in total. The quantitative estimate of drug-likeness (QED) is 0.172. The first-order valence-electron chi connectivity index (χ1n) is 18.2. The van der Waals surface area contributed by atoms with Gasteiger partial charge in [-0.05, 0) is 68.1 Å². The van der Waals surface area contributed by atoms with Crippen molar-refractivity contribution >= 4 is 43.5 Å². The third-order valence-electron chi connectivity index (χ3n) is 11.7. The highest BCUT2D eigenvalue weighted by Gasteiger charge is 2.52. The van der Waals surface area contributed by atoms with E-state index in [9.17, 15) is 0 Å². The fourth-order valence-corrected chi connectivity index (χ4v) is 9.52. The summed E-state index contributed by atoms with van der Waals surface area (Å²) in [7, 11) is 0. The number of fused-ring (bicyclic) bond motifs is 17. The zero-order chi connectivity index (χ0) is 34.7. The molecule has 0 bridgehead atoms. The van der Waals surface area contributed by atoms with Crippen LogP contribution in [0.15, 0.2) is 176 Å². The number of benzene rings is 7. The summed E-state index contributed by atoms with van der Waals surface area (Å²) in [5.41, 5.74) is 17.0. The molecule has 2 aliphatic carbocycles. The Hall–Kier alpha value is -6.97. The van der Waals surface area contributed by atoms with Crippen molar-refractivity contribution in [3.8, 4) is 44.8 Å². The predicted octanol–water partition coefficient (Wildman–Crippen LogP) is 12.2. The molecule has 0 saturated heterocycles. The van der Waals surface area contributed by atoms with Crippen molar-refractivity contribution in [2.45, 2.75) is 5.41 Å². The Morgan fingerprint density at radius 3 is 1.79 bits per heavy atom. The lowest BCUT2D eigenvalue weighted by Crippen LogP contribution is -2.25. The zero-order valence-corrected chi connectivity index (χ0v) is 28.6. The zero-order valence-electron chi connectivity index (χ0n) is 28.6. The van der Waals surface area contributed by atoms with Crippen molar-refractivity contribution in [2.24, 2.45) is 0 Å². The summed E-state index contributed by atoms with van der Waals surface area (Å²) in [6.07, 6.45) is 1.84. The third-order valence-corrected chi connectivity index (χ3v) is 11.7. The topological polar surface area (TPSA) is 38.7 Å². The van der Waals surface area contributed by atoms with Crippen LogP contribution in [-0.2, 0) is 5.41 Å². The van der Waals surface area contributed by atoms with Crippen molar-refractivity contribution in [3.05, 3.63) is 198 Å². The molecule has 0 fully saturated rings. The maximum absolute atomic E-state index is 5.48. The van der Waals surface area contributed by atoms with Crippen molar-refractivity contribution in [3.63, 3.8) is 0 Å². The van der Waals surface area contributed by atoms with Crippen LogP contribution in [0.5, 0.6) is 0 Å². The summed E-state index contributed by atoms with van der Waals surface area (Å²) in [5, 5.41) is 5.76. The molecule has 0 aliphatic heterocycles. The molecule has 0 radical (unpaired) electrons. The number of nitrogens with zero attached hydrogens (tertiary/aromatic N) is 3. The molecule has 3 heterocycles. The number of hydrogen-bond donors (Lipinski definition) is 0. The van der Waals surface area contributed by atoms with Crippen LogP contribution >= 0.6 is 0 Å². The first-order valence-corrected chi connectivity index (χ1v) is 18.2. The molecular formula is C50H29N3. The second kappa shape index (κ2) is 10.5. The van der Waals surface area contributed by atoms with Gasteiger partial charge < -0.3 is 0 Å². The van der Waals surface area contributed by atoms with Crippen LogP contribution in [0.1, 0.15) is 22.3 Å². The molecule has 0 atom stereocenters. The maximum atomic E-state index is 5.48. The summed E-state index contributed by atoms with van der Waals surface area (Å²) in [5.74, 6) is 0. The molecule has 3 heteroatoms. The van der Waals surface area contributed by atoms with Crippen LogP contribution in [-0.4, -0.2) is 15.0 Å². The SMILES string of the molecule is c1ccc2c(c1)-c1ccccc1C21c2ccccc2-c2c1ccc1c2c(-c2ccc(-c3ccc4ccc5cccnc5c4n3)cc2)nc2ccccc21. The minimum Gasteiger partial charge on any atom is -0.254 e. The van der Waals surface area contributed by atoms with Gasteiger partial charge in [0, 0.05) is 38.9 Å². The van der Waals surface area contributed by atoms with E-state index in [4.69, 9.17) is 9.97 Å². The van der Waals surface area contributed by atoms with Gasteiger partial charge >= 0.3 is 0 Å². The molecule has 0 saturated carbocycles. The summed E-state index contributed by atoms with van der Waals surface area (Å²) < 4.78 is 0. The molecule has 53 heavy (non-hydrogen) atoms. The summed E-state index contributed by atoms with van der Waals surface area (Å²) >= 11 is 0. The van der Waals surface area contributed by atoms with Gasteiger partial charge in [-0.15, -0.1) is 0 Å². The molecule has 244 valence electrons. The molecular weight excluding hydrogens is 643 g/mol. The van der Waals surface area contributed by atoms with Gasteiger partial charge in [0.05, 0.1) is 33.4 Å². The van der Waals surface area contributed by atoms with Gasteiger partial charge in [0.1, 0.15) is 0 Å². The molecule has 2 aliphatic rings. The van der Waals surface area contributed by atoms with E-state index in [2.05, 4.69) is 169 Å². The molecule has 1 spiro atoms. The lowest BCUT2D eigenvalue weighted by molar-refractivity contribution is 0.794. The Morgan fingerprint density at radius 1 is 0.396 bits per heavy atom. The highest BCUT2D eigenvalue weighted by atomic mass is 14.8. The fraction of sp³-hybridized carbons (Fsp3) is 0.0200. The number of hydrogen-bond acceptors (Lipinski definition) is 3. The highest BCUT2D eigenvalue weighted by molar-refractivity contribution is 6.19. The van der Waals surface area contributed by atoms with Gasteiger partial charge in [0.2, 0.25) is 0 Å². The van der Waals surface area contributed by atoms with Gasteiger partial charge in [-0.25, -0.2) is 9.97 Å². The fourth-order valence-electron chi connectivity index (χ4n) is 9.52. The lowest BCUT2D eigenvalue weighted by Gasteiger charge is -2.30. The van der Waals surface area contributed by atoms with Gasteiger partial charge in [0.15, 0.2) is 0 Å². The first-order chi connectivity index (χ1) is 26.3. The lowest BCUT2D eigenvalue weighted by atomic mass is 9.70. The Kier molecular flexibility index (Phi) is 5.70. The van der Waals surface area contributed by atoms with E-state index in [0.717, 1.165) is 55.2 Å².